The van der Waals surface area contributed by atoms with Gasteiger partial charge in [-0.05, 0) is 31.2 Å². The van der Waals surface area contributed by atoms with Crippen molar-refractivity contribution in [2.45, 2.75) is 32.1 Å². The molecule has 27 heavy (non-hydrogen) atoms. The van der Waals surface area contributed by atoms with Gasteiger partial charge in [0.2, 0.25) is 0 Å². The molecule has 0 N–H and O–H groups in total. The molecule has 0 aliphatic carbocycles. The maximum Gasteiger partial charge on any atom is 0.736 e. The number of rotatable bonds is 5. The van der Waals surface area contributed by atoms with Gasteiger partial charge in [0.15, 0.2) is 5.70 Å². The van der Waals surface area contributed by atoms with Gasteiger partial charge in [0.25, 0.3) is 11.8 Å². The van der Waals surface area contributed by atoms with Crippen LogP contribution in [-0.4, -0.2) is 45.0 Å². The number of hydrogen-bond donors (Lipinski definition) is 0. The molecular weight excluding hydrogens is 359 g/mol. The lowest BCUT2D eigenvalue weighted by atomic mass is 9.87. The van der Waals surface area contributed by atoms with Crippen LogP contribution in [0.5, 0.6) is 0 Å². The van der Waals surface area contributed by atoms with Gasteiger partial charge in [0.05, 0.1) is 0 Å². The second kappa shape index (κ2) is 6.29. The van der Waals surface area contributed by atoms with Gasteiger partial charge < -0.3 is 22.4 Å². The number of hydroxylamine groups is 2. The summed E-state index contributed by atoms with van der Waals surface area (Å²) in [5.41, 5.74) is 1.55. The first-order chi connectivity index (χ1) is 12.9. The van der Waals surface area contributed by atoms with E-state index in [-0.39, 0.29) is 19.3 Å². The molecule has 0 aromatic carbocycles. The molecule has 4 rings (SSSR count). The predicted octanol–water partition coefficient (Wildman–Crippen LogP) is 1.87. The normalized spacial score (nSPS) is 20.1. The van der Waals surface area contributed by atoms with Gasteiger partial charge in [-0.3, -0.25) is 9.59 Å². The maximum absolute atomic E-state index is 14.6. The molecule has 2 amide bonds. The summed E-state index contributed by atoms with van der Waals surface area (Å²) >= 11 is 0. The summed E-state index contributed by atoms with van der Waals surface area (Å²) in [6, 6.07) is 3.19. The van der Waals surface area contributed by atoms with E-state index in [1.54, 1.807) is 24.3 Å². The SMILES string of the molecule is O=C(CCCC1=C2C=CC=[N+]2[B-](F)(F)n2cccc21)ON1C(=O)CCC1=O. The minimum Gasteiger partial charge on any atom is -0.396 e. The molecule has 1 saturated heterocycles. The van der Waals surface area contributed by atoms with Crippen LogP contribution < -0.4 is 0 Å². The van der Waals surface area contributed by atoms with Crippen molar-refractivity contribution in [2.24, 2.45) is 0 Å². The number of carbonyl (C=O) groups is 3. The first-order valence-corrected chi connectivity index (χ1v) is 8.69. The third kappa shape index (κ3) is 2.81. The van der Waals surface area contributed by atoms with Crippen molar-refractivity contribution in [1.82, 2.24) is 9.54 Å². The molecule has 0 radical (unpaired) electrons. The van der Waals surface area contributed by atoms with Crippen LogP contribution in [0.4, 0.5) is 8.63 Å². The van der Waals surface area contributed by atoms with Crippen molar-refractivity contribution in [3.63, 3.8) is 0 Å². The second-order valence-electron chi connectivity index (χ2n) is 6.57. The molecule has 0 unspecified atom stereocenters. The number of amides is 2. The highest BCUT2D eigenvalue weighted by atomic mass is 19.2. The highest BCUT2D eigenvalue weighted by Gasteiger charge is 2.51. The summed E-state index contributed by atoms with van der Waals surface area (Å²) in [5, 5.41) is 0.509. The zero-order valence-corrected chi connectivity index (χ0v) is 14.3. The minimum atomic E-state index is -3.93. The van der Waals surface area contributed by atoms with E-state index < -0.39 is 24.8 Å². The fraction of sp³-hybridized carbons (Fsp3) is 0.294. The number of allylic oxidation sites excluding steroid dienone is 3. The number of carbonyl (C=O) groups excluding carboxylic acids is 3. The first-order valence-electron chi connectivity index (χ1n) is 8.69. The molecule has 10 heteroatoms. The summed E-state index contributed by atoms with van der Waals surface area (Å²) < 4.78 is 31.1. The van der Waals surface area contributed by atoms with E-state index in [1.807, 2.05) is 0 Å². The van der Waals surface area contributed by atoms with Crippen LogP contribution >= 0.6 is 0 Å². The lowest BCUT2D eigenvalue weighted by Gasteiger charge is -2.30. The van der Waals surface area contributed by atoms with Crippen LogP contribution in [0.1, 0.15) is 37.8 Å². The Hall–Kier alpha value is -3.04. The molecule has 1 aromatic heterocycles. The minimum absolute atomic E-state index is 0.0357. The molecule has 4 heterocycles. The van der Waals surface area contributed by atoms with Crippen molar-refractivity contribution >= 4 is 36.5 Å². The van der Waals surface area contributed by atoms with Gasteiger partial charge in [0, 0.05) is 42.7 Å². The zero-order valence-electron chi connectivity index (χ0n) is 14.3. The summed E-state index contributed by atoms with van der Waals surface area (Å²) in [6.07, 6.45) is 6.62. The number of hydrogen-bond acceptors (Lipinski definition) is 4. The molecule has 0 bridgehead atoms. The van der Waals surface area contributed by atoms with E-state index in [2.05, 4.69) is 0 Å². The third-order valence-electron chi connectivity index (χ3n) is 4.85. The smallest absolute Gasteiger partial charge is 0.396 e. The van der Waals surface area contributed by atoms with Gasteiger partial charge in [-0.1, -0.05) is 0 Å². The van der Waals surface area contributed by atoms with Gasteiger partial charge in [-0.2, -0.15) is 0 Å². The van der Waals surface area contributed by atoms with Crippen LogP contribution in [0.25, 0.3) is 5.57 Å². The Morgan fingerprint density at radius 3 is 2.74 bits per heavy atom. The Balaban J connectivity index is 1.45. The first kappa shape index (κ1) is 17.4. The highest BCUT2D eigenvalue weighted by molar-refractivity contribution is 6.57. The molecule has 140 valence electrons. The highest BCUT2D eigenvalue weighted by Crippen LogP contribution is 2.37. The number of fused-ring (bicyclic) bond motifs is 2. The number of imide groups is 1. The second-order valence-corrected chi connectivity index (χ2v) is 6.57. The maximum atomic E-state index is 14.6. The molecule has 1 aromatic rings. The van der Waals surface area contributed by atoms with Crippen molar-refractivity contribution in [3.8, 4) is 0 Å². The van der Waals surface area contributed by atoms with Crippen molar-refractivity contribution in [2.75, 3.05) is 0 Å². The third-order valence-corrected chi connectivity index (χ3v) is 4.85. The Morgan fingerprint density at radius 2 is 2.00 bits per heavy atom. The molecule has 3 aliphatic heterocycles. The standard InChI is InChI=1S/C17H16BF2N3O4/c19-18(20)21-10-2-5-13(21)12(14-6-3-11-22(14)18)4-1-7-17(26)27-23-15(24)8-9-16(23)25/h2-3,5-6,10-11H,1,4,7-9H2. The number of nitrogens with zero attached hydrogens (tertiary/aromatic N) is 3. The predicted molar refractivity (Wildman–Crippen MR) is 91.2 cm³/mol. The monoisotopic (exact) mass is 375 g/mol. The molecule has 0 spiro atoms. The Labute approximate surface area is 153 Å². The Kier molecular flexibility index (Phi) is 4.05. The molecule has 1 fully saturated rings. The summed E-state index contributed by atoms with van der Waals surface area (Å²) in [6.45, 7) is -3.93. The molecular formula is C17H16BF2N3O4. The molecule has 0 saturated carbocycles. The van der Waals surface area contributed by atoms with Gasteiger partial charge >= 0.3 is 12.9 Å². The molecule has 7 nitrogen and oxygen atoms in total. The number of halogens is 2. The van der Waals surface area contributed by atoms with Crippen LogP contribution in [0.3, 0.4) is 0 Å². The Bertz CT molecular complexity index is 932. The van der Waals surface area contributed by atoms with Crippen LogP contribution in [0, 0.1) is 0 Å². The van der Waals surface area contributed by atoms with E-state index in [0.29, 0.717) is 34.9 Å². The largest absolute Gasteiger partial charge is 0.736 e. The van der Waals surface area contributed by atoms with Crippen molar-refractivity contribution in [1.29, 1.82) is 0 Å². The molecule has 0 atom stereocenters. The quantitative estimate of drug-likeness (QED) is 0.582. The van der Waals surface area contributed by atoms with Gasteiger partial charge in [0.1, 0.15) is 6.21 Å². The summed E-state index contributed by atoms with van der Waals surface area (Å²) in [4.78, 5) is 39.7. The lowest BCUT2D eigenvalue weighted by molar-refractivity contribution is -0.356. The van der Waals surface area contributed by atoms with Gasteiger partial charge in [-0.25, -0.2) is 4.79 Å². The van der Waals surface area contributed by atoms with E-state index in [4.69, 9.17) is 4.84 Å². The van der Waals surface area contributed by atoms with E-state index in [9.17, 15) is 23.0 Å². The topological polar surface area (TPSA) is 71.6 Å². The summed E-state index contributed by atoms with van der Waals surface area (Å²) in [7, 11) is 0. The zero-order chi connectivity index (χ0) is 19.2. The molecule has 3 aliphatic rings. The van der Waals surface area contributed by atoms with E-state index in [0.717, 1.165) is 8.96 Å². The van der Waals surface area contributed by atoms with E-state index in [1.165, 1.54) is 12.4 Å². The lowest BCUT2D eigenvalue weighted by Crippen LogP contribution is -2.49. The van der Waals surface area contributed by atoms with Crippen molar-refractivity contribution < 1.29 is 32.3 Å². The van der Waals surface area contributed by atoms with Crippen molar-refractivity contribution in [3.05, 3.63) is 41.9 Å². The van der Waals surface area contributed by atoms with E-state index >= 15 is 0 Å². The fourth-order valence-corrected chi connectivity index (χ4v) is 3.58. The van der Waals surface area contributed by atoms with Crippen LogP contribution in [0.2, 0.25) is 0 Å². The van der Waals surface area contributed by atoms with Gasteiger partial charge in [-0.15, -0.1) is 5.06 Å². The number of aromatic nitrogens is 1. The van der Waals surface area contributed by atoms with Crippen LogP contribution in [0.15, 0.2) is 36.2 Å². The average Bonchev–Trinajstić information content (AvgIpc) is 3.35. The average molecular weight is 375 g/mol. The van der Waals surface area contributed by atoms with Crippen LogP contribution in [-0.2, 0) is 19.2 Å². The summed E-state index contributed by atoms with van der Waals surface area (Å²) in [5.74, 6) is -1.76. The fourth-order valence-electron chi connectivity index (χ4n) is 3.58. The Morgan fingerprint density at radius 1 is 1.26 bits per heavy atom.